The van der Waals surface area contributed by atoms with Crippen molar-refractivity contribution in [3.8, 4) is 0 Å². The van der Waals surface area contributed by atoms with E-state index in [0.717, 1.165) is 12.8 Å². The van der Waals surface area contributed by atoms with Crippen LogP contribution in [0.3, 0.4) is 0 Å². The summed E-state index contributed by atoms with van der Waals surface area (Å²) in [6.45, 7) is 2.69. The first-order valence-electron chi connectivity index (χ1n) is 7.60. The Morgan fingerprint density at radius 3 is 2.55 bits per heavy atom. The molecule has 1 atom stereocenters. The average Bonchev–Trinajstić information content (AvgIpc) is 2.52. The number of carbonyl (C=O) groups is 3. The van der Waals surface area contributed by atoms with Crippen molar-refractivity contribution in [2.75, 3.05) is 13.1 Å². The van der Waals surface area contributed by atoms with Crippen molar-refractivity contribution in [2.45, 2.75) is 32.6 Å². The zero-order valence-corrected chi connectivity index (χ0v) is 12.7. The van der Waals surface area contributed by atoms with E-state index >= 15 is 0 Å². The highest BCUT2D eigenvalue weighted by atomic mass is 16.4. The number of amides is 1. The molecule has 0 radical (unpaired) electrons. The first kappa shape index (κ1) is 16.2. The van der Waals surface area contributed by atoms with Gasteiger partial charge in [0.05, 0.1) is 5.56 Å². The second-order valence-electron chi connectivity index (χ2n) is 5.79. The summed E-state index contributed by atoms with van der Waals surface area (Å²) in [6, 6.07) is 6.85. The predicted molar refractivity (Wildman–Crippen MR) is 81.9 cm³/mol. The average molecular weight is 303 g/mol. The Morgan fingerprint density at radius 2 is 1.91 bits per heavy atom. The van der Waals surface area contributed by atoms with Crippen LogP contribution in [-0.2, 0) is 4.79 Å². The third-order valence-corrected chi connectivity index (χ3v) is 4.11. The Hall–Kier alpha value is -2.17. The van der Waals surface area contributed by atoms with E-state index < -0.39 is 5.97 Å². The van der Waals surface area contributed by atoms with Crippen molar-refractivity contribution in [3.63, 3.8) is 0 Å². The number of hydrogen-bond acceptors (Lipinski definition) is 3. The molecule has 1 unspecified atom stereocenters. The van der Waals surface area contributed by atoms with Crippen LogP contribution in [-0.4, -0.2) is 40.8 Å². The third kappa shape index (κ3) is 3.93. The minimum Gasteiger partial charge on any atom is -0.481 e. The van der Waals surface area contributed by atoms with Gasteiger partial charge in [0.1, 0.15) is 0 Å². The number of rotatable bonds is 5. The molecule has 1 saturated heterocycles. The summed E-state index contributed by atoms with van der Waals surface area (Å²) in [6.07, 6.45) is 2.55. The predicted octanol–water partition coefficient (Wildman–Crippen LogP) is 2.61. The van der Waals surface area contributed by atoms with Gasteiger partial charge in [0.15, 0.2) is 5.78 Å². The van der Waals surface area contributed by atoms with Gasteiger partial charge in [-0.25, -0.2) is 0 Å². The second-order valence-corrected chi connectivity index (χ2v) is 5.79. The van der Waals surface area contributed by atoms with Crippen molar-refractivity contribution in [2.24, 2.45) is 5.92 Å². The Labute approximate surface area is 129 Å². The zero-order valence-electron chi connectivity index (χ0n) is 12.7. The first-order valence-corrected chi connectivity index (χ1v) is 7.60. The maximum absolute atomic E-state index is 12.7. The van der Waals surface area contributed by atoms with Crippen molar-refractivity contribution in [1.82, 2.24) is 4.90 Å². The number of piperidine rings is 1. The van der Waals surface area contributed by atoms with Crippen LogP contribution in [0.5, 0.6) is 0 Å². The van der Waals surface area contributed by atoms with E-state index in [-0.39, 0.29) is 24.0 Å². The molecule has 22 heavy (non-hydrogen) atoms. The maximum atomic E-state index is 12.7. The van der Waals surface area contributed by atoms with Crippen molar-refractivity contribution >= 4 is 17.7 Å². The van der Waals surface area contributed by atoms with Crippen LogP contribution in [0.25, 0.3) is 0 Å². The maximum Gasteiger partial charge on any atom is 0.303 e. The first-order chi connectivity index (χ1) is 10.5. The molecule has 5 nitrogen and oxygen atoms in total. The fraction of sp³-hybridized carbons (Fsp3) is 0.471. The Kier molecular flexibility index (Phi) is 5.31. The van der Waals surface area contributed by atoms with Gasteiger partial charge in [-0.1, -0.05) is 18.2 Å². The highest BCUT2D eigenvalue weighted by Gasteiger charge is 2.26. The standard InChI is InChI=1S/C17H21NO4/c1-12(19)14-6-2-3-7-15(14)17(22)18-10-4-5-13(11-18)8-9-16(20)21/h2-3,6-7,13H,4-5,8-11H2,1H3,(H,20,21). The molecule has 0 spiro atoms. The summed E-state index contributed by atoms with van der Waals surface area (Å²) >= 11 is 0. The van der Waals surface area contributed by atoms with Crippen LogP contribution in [0.15, 0.2) is 24.3 Å². The van der Waals surface area contributed by atoms with Gasteiger partial charge in [0.2, 0.25) is 0 Å². The van der Waals surface area contributed by atoms with Gasteiger partial charge in [0, 0.05) is 25.1 Å². The topological polar surface area (TPSA) is 74.7 Å². The molecule has 118 valence electrons. The number of nitrogens with zero attached hydrogens (tertiary/aromatic N) is 1. The van der Waals surface area contributed by atoms with Crippen LogP contribution in [0.2, 0.25) is 0 Å². The van der Waals surface area contributed by atoms with Crippen LogP contribution >= 0.6 is 0 Å². The van der Waals surface area contributed by atoms with Crippen LogP contribution in [0, 0.1) is 5.92 Å². The van der Waals surface area contributed by atoms with E-state index in [1.165, 1.54) is 6.92 Å². The molecule has 1 N–H and O–H groups in total. The van der Waals surface area contributed by atoms with E-state index in [9.17, 15) is 14.4 Å². The van der Waals surface area contributed by atoms with E-state index in [1.54, 1.807) is 29.2 Å². The molecule has 0 aliphatic carbocycles. The summed E-state index contributed by atoms with van der Waals surface area (Å²) in [7, 11) is 0. The summed E-state index contributed by atoms with van der Waals surface area (Å²) in [5.41, 5.74) is 0.883. The van der Waals surface area contributed by atoms with Gasteiger partial charge in [-0.3, -0.25) is 14.4 Å². The van der Waals surface area contributed by atoms with Crippen molar-refractivity contribution in [3.05, 3.63) is 35.4 Å². The fourth-order valence-corrected chi connectivity index (χ4v) is 2.96. The largest absolute Gasteiger partial charge is 0.481 e. The normalized spacial score (nSPS) is 18.0. The molecule has 1 aromatic rings. The Morgan fingerprint density at radius 1 is 1.23 bits per heavy atom. The molecular weight excluding hydrogens is 282 g/mol. The third-order valence-electron chi connectivity index (χ3n) is 4.11. The number of benzene rings is 1. The van der Waals surface area contributed by atoms with Gasteiger partial charge in [0.25, 0.3) is 5.91 Å². The minimum atomic E-state index is -0.801. The molecule has 0 aromatic heterocycles. The van der Waals surface area contributed by atoms with Crippen LogP contribution < -0.4 is 0 Å². The second kappa shape index (κ2) is 7.20. The zero-order chi connectivity index (χ0) is 16.1. The van der Waals surface area contributed by atoms with Gasteiger partial charge >= 0.3 is 5.97 Å². The molecular formula is C17H21NO4. The molecule has 2 rings (SSSR count). The SMILES string of the molecule is CC(=O)c1ccccc1C(=O)N1CCCC(CCC(=O)O)C1. The number of carboxylic acids is 1. The number of likely N-dealkylation sites (tertiary alicyclic amines) is 1. The van der Waals surface area contributed by atoms with Crippen LogP contribution in [0.4, 0.5) is 0 Å². The minimum absolute atomic E-state index is 0.122. The van der Waals surface area contributed by atoms with Gasteiger partial charge in [-0.05, 0) is 38.2 Å². The summed E-state index contributed by atoms with van der Waals surface area (Å²) in [5.74, 6) is -0.835. The molecule has 0 saturated carbocycles. The quantitative estimate of drug-likeness (QED) is 0.848. The fourth-order valence-electron chi connectivity index (χ4n) is 2.96. The molecule has 1 fully saturated rings. The Balaban J connectivity index is 2.09. The lowest BCUT2D eigenvalue weighted by Crippen LogP contribution is -2.40. The molecule has 1 aromatic carbocycles. The number of ketones is 1. The lowest BCUT2D eigenvalue weighted by molar-refractivity contribution is -0.137. The smallest absolute Gasteiger partial charge is 0.303 e. The van der Waals surface area contributed by atoms with E-state index in [0.29, 0.717) is 30.6 Å². The highest BCUT2D eigenvalue weighted by Crippen LogP contribution is 2.23. The van der Waals surface area contributed by atoms with E-state index in [1.807, 2.05) is 0 Å². The van der Waals surface area contributed by atoms with E-state index in [4.69, 9.17) is 5.11 Å². The van der Waals surface area contributed by atoms with Crippen LogP contribution in [0.1, 0.15) is 53.3 Å². The highest BCUT2D eigenvalue weighted by molar-refractivity contribution is 6.07. The number of hydrogen-bond donors (Lipinski definition) is 1. The summed E-state index contributed by atoms with van der Waals surface area (Å²) in [4.78, 5) is 36.8. The Bertz CT molecular complexity index is 582. The number of Topliss-reactive ketones (excluding diaryl/α,β-unsaturated/α-hetero) is 1. The molecule has 0 bridgehead atoms. The molecule has 1 aliphatic rings. The molecule has 1 amide bonds. The van der Waals surface area contributed by atoms with Crippen molar-refractivity contribution in [1.29, 1.82) is 0 Å². The van der Waals surface area contributed by atoms with Gasteiger partial charge in [-0.2, -0.15) is 0 Å². The number of aliphatic carboxylic acids is 1. The molecule has 1 heterocycles. The summed E-state index contributed by atoms with van der Waals surface area (Å²) in [5, 5.41) is 8.78. The van der Waals surface area contributed by atoms with E-state index in [2.05, 4.69) is 0 Å². The number of carbonyl (C=O) groups excluding carboxylic acids is 2. The molecule has 1 aliphatic heterocycles. The van der Waals surface area contributed by atoms with Gasteiger partial charge in [-0.15, -0.1) is 0 Å². The monoisotopic (exact) mass is 303 g/mol. The van der Waals surface area contributed by atoms with Gasteiger partial charge < -0.3 is 10.0 Å². The lowest BCUT2D eigenvalue weighted by Gasteiger charge is -2.33. The number of carboxylic acid groups (broad SMARTS) is 1. The van der Waals surface area contributed by atoms with Crippen molar-refractivity contribution < 1.29 is 19.5 Å². The lowest BCUT2D eigenvalue weighted by atomic mass is 9.92. The summed E-state index contributed by atoms with van der Waals surface area (Å²) < 4.78 is 0. The molecule has 5 heteroatoms.